The zero-order valence-corrected chi connectivity index (χ0v) is 13.6. The van der Waals surface area contributed by atoms with Crippen molar-refractivity contribution in [3.8, 4) is 0 Å². The number of nitrogens with two attached hydrogens (primary N) is 1. The maximum atomic E-state index is 11.1. The van der Waals surface area contributed by atoms with E-state index in [1.54, 1.807) is 0 Å². The van der Waals surface area contributed by atoms with E-state index in [2.05, 4.69) is 27.4 Å². The van der Waals surface area contributed by atoms with Crippen LogP contribution in [-0.2, 0) is 9.53 Å². The van der Waals surface area contributed by atoms with Gasteiger partial charge in [0.1, 0.15) is 0 Å². The molecule has 20 heavy (non-hydrogen) atoms. The fourth-order valence-corrected chi connectivity index (χ4v) is 2.72. The van der Waals surface area contributed by atoms with Crippen LogP contribution in [0.25, 0.3) is 0 Å². The molecule has 2 N–H and O–H groups in total. The third-order valence-electron chi connectivity index (χ3n) is 4.41. The minimum atomic E-state index is -0.342. The third-order valence-corrected chi connectivity index (χ3v) is 4.41. The van der Waals surface area contributed by atoms with Gasteiger partial charge in [-0.25, -0.2) is 4.79 Å². The van der Waals surface area contributed by atoms with Crippen LogP contribution < -0.4 is 5.73 Å². The molecule has 0 spiro atoms. The van der Waals surface area contributed by atoms with Crippen LogP contribution in [0.3, 0.4) is 0 Å². The molecule has 1 unspecified atom stereocenters. The van der Waals surface area contributed by atoms with Crippen molar-refractivity contribution in [2.24, 2.45) is 11.7 Å². The molecule has 0 radical (unpaired) electrons. The maximum Gasteiger partial charge on any atom is 0.330 e. The van der Waals surface area contributed by atoms with E-state index in [1.165, 1.54) is 31.8 Å². The lowest BCUT2D eigenvalue weighted by molar-refractivity contribution is -0.138. The first-order chi connectivity index (χ1) is 9.53. The molecule has 0 saturated heterocycles. The fraction of sp³-hybridized carbons (Fsp3) is 0.824. The number of carbonyl (C=O) groups excluding carboxylic acids is 1. The molecule has 0 rings (SSSR count). The van der Waals surface area contributed by atoms with Gasteiger partial charge in [-0.05, 0) is 31.6 Å². The molecule has 0 amide bonds. The molecule has 0 bridgehead atoms. The minimum Gasteiger partial charge on any atom is -0.463 e. The number of rotatable bonds is 12. The molecule has 0 aliphatic heterocycles. The Morgan fingerprint density at radius 2 is 1.85 bits per heavy atom. The first-order valence-electron chi connectivity index (χ1n) is 8.12. The Balaban J connectivity index is 4.38. The Morgan fingerprint density at radius 1 is 1.20 bits per heavy atom. The van der Waals surface area contributed by atoms with Crippen molar-refractivity contribution in [3.05, 3.63) is 12.7 Å². The van der Waals surface area contributed by atoms with Crippen LogP contribution >= 0.6 is 0 Å². The molecule has 3 nitrogen and oxygen atoms in total. The number of ether oxygens (including phenoxy) is 1. The number of hydrogen-bond donors (Lipinski definition) is 1. The second kappa shape index (κ2) is 10.9. The van der Waals surface area contributed by atoms with Gasteiger partial charge >= 0.3 is 5.97 Å². The van der Waals surface area contributed by atoms with E-state index in [4.69, 9.17) is 10.5 Å². The van der Waals surface area contributed by atoms with Crippen molar-refractivity contribution < 1.29 is 9.53 Å². The molecule has 1 atom stereocenters. The Labute approximate surface area is 125 Å². The largest absolute Gasteiger partial charge is 0.463 e. The van der Waals surface area contributed by atoms with Gasteiger partial charge in [-0.1, -0.05) is 53.0 Å². The average molecular weight is 283 g/mol. The lowest BCUT2D eigenvalue weighted by Crippen LogP contribution is -2.46. The SMILES string of the molecule is C=CC(=O)OCCC(CCCCCC)C(N)(CC)CC. The van der Waals surface area contributed by atoms with Gasteiger partial charge < -0.3 is 10.5 Å². The maximum absolute atomic E-state index is 11.1. The van der Waals surface area contributed by atoms with Crippen LogP contribution in [0.1, 0.15) is 72.1 Å². The number of carbonyl (C=O) groups is 1. The van der Waals surface area contributed by atoms with Crippen LogP contribution in [0.4, 0.5) is 0 Å². The van der Waals surface area contributed by atoms with Crippen molar-refractivity contribution >= 4 is 5.97 Å². The Morgan fingerprint density at radius 3 is 2.35 bits per heavy atom. The van der Waals surface area contributed by atoms with Crippen molar-refractivity contribution in [1.29, 1.82) is 0 Å². The molecule has 0 aromatic rings. The topological polar surface area (TPSA) is 52.3 Å². The molecule has 0 saturated carbocycles. The Hall–Kier alpha value is -0.830. The van der Waals surface area contributed by atoms with Gasteiger partial charge in [0.2, 0.25) is 0 Å². The highest BCUT2D eigenvalue weighted by Gasteiger charge is 2.30. The number of unbranched alkanes of at least 4 members (excludes halogenated alkanes) is 3. The Kier molecular flexibility index (Phi) is 10.4. The second-order valence-electron chi connectivity index (χ2n) is 5.65. The van der Waals surface area contributed by atoms with Crippen molar-refractivity contribution in [2.75, 3.05) is 6.61 Å². The van der Waals surface area contributed by atoms with Gasteiger partial charge in [0.15, 0.2) is 0 Å². The van der Waals surface area contributed by atoms with Crippen LogP contribution in [0, 0.1) is 5.92 Å². The molecular weight excluding hydrogens is 250 g/mol. The normalized spacial score (nSPS) is 13.0. The summed E-state index contributed by atoms with van der Waals surface area (Å²) >= 11 is 0. The summed E-state index contributed by atoms with van der Waals surface area (Å²) in [6.45, 7) is 10.4. The van der Waals surface area contributed by atoms with Gasteiger partial charge in [0.25, 0.3) is 0 Å². The van der Waals surface area contributed by atoms with Gasteiger partial charge in [-0.3, -0.25) is 0 Å². The van der Waals surface area contributed by atoms with Gasteiger partial charge in [-0.2, -0.15) is 0 Å². The molecule has 0 aliphatic carbocycles. The van der Waals surface area contributed by atoms with Gasteiger partial charge in [-0.15, -0.1) is 0 Å². The third kappa shape index (κ3) is 7.09. The fourth-order valence-electron chi connectivity index (χ4n) is 2.72. The predicted molar refractivity (Wildman–Crippen MR) is 85.5 cm³/mol. The van der Waals surface area contributed by atoms with Crippen LogP contribution in [-0.4, -0.2) is 18.1 Å². The lowest BCUT2D eigenvalue weighted by atomic mass is 9.76. The van der Waals surface area contributed by atoms with Crippen molar-refractivity contribution in [1.82, 2.24) is 0 Å². The Bertz CT molecular complexity index is 272. The summed E-state index contributed by atoms with van der Waals surface area (Å²) in [6.07, 6.45) is 10.1. The van der Waals surface area contributed by atoms with Gasteiger partial charge in [0.05, 0.1) is 6.61 Å². The van der Waals surface area contributed by atoms with Crippen LogP contribution in [0.15, 0.2) is 12.7 Å². The van der Waals surface area contributed by atoms with E-state index >= 15 is 0 Å². The smallest absolute Gasteiger partial charge is 0.330 e. The van der Waals surface area contributed by atoms with E-state index < -0.39 is 0 Å². The average Bonchev–Trinajstić information content (AvgIpc) is 2.48. The molecule has 0 aliphatic rings. The molecule has 0 aromatic carbocycles. The summed E-state index contributed by atoms with van der Waals surface area (Å²) in [5, 5.41) is 0. The first-order valence-corrected chi connectivity index (χ1v) is 8.12. The summed E-state index contributed by atoms with van der Waals surface area (Å²) in [7, 11) is 0. The predicted octanol–water partition coefficient (Wildman–Crippen LogP) is 4.21. The summed E-state index contributed by atoms with van der Waals surface area (Å²) in [4.78, 5) is 11.1. The lowest BCUT2D eigenvalue weighted by Gasteiger charge is -2.36. The van der Waals surface area contributed by atoms with Crippen molar-refractivity contribution in [3.63, 3.8) is 0 Å². The molecular formula is C17H33NO2. The van der Waals surface area contributed by atoms with Gasteiger partial charge in [0, 0.05) is 11.6 Å². The minimum absolute atomic E-state index is 0.132. The summed E-state index contributed by atoms with van der Waals surface area (Å²) in [5.41, 5.74) is 6.41. The van der Waals surface area contributed by atoms with Crippen LogP contribution in [0.5, 0.6) is 0 Å². The molecule has 0 aromatic heterocycles. The van der Waals surface area contributed by atoms with E-state index in [0.717, 1.165) is 25.7 Å². The highest BCUT2D eigenvalue weighted by Crippen LogP contribution is 2.30. The number of hydrogen-bond acceptors (Lipinski definition) is 3. The quantitative estimate of drug-likeness (QED) is 0.331. The standard InChI is InChI=1S/C17H33NO2/c1-5-9-10-11-12-15(17(18,7-3)8-4)13-14-20-16(19)6-2/h6,15H,2,5,7-14,18H2,1,3-4H3. The van der Waals surface area contributed by atoms with Crippen molar-refractivity contribution in [2.45, 2.75) is 77.7 Å². The first kappa shape index (κ1) is 19.2. The monoisotopic (exact) mass is 283 g/mol. The summed E-state index contributed by atoms with van der Waals surface area (Å²) in [5.74, 6) is 0.0809. The zero-order chi connectivity index (χ0) is 15.4. The molecule has 118 valence electrons. The van der Waals surface area contributed by atoms with E-state index in [9.17, 15) is 4.79 Å². The summed E-state index contributed by atoms with van der Waals surface area (Å²) in [6, 6.07) is 0. The zero-order valence-electron chi connectivity index (χ0n) is 13.6. The molecule has 0 fully saturated rings. The number of esters is 1. The summed E-state index contributed by atoms with van der Waals surface area (Å²) < 4.78 is 5.12. The highest BCUT2D eigenvalue weighted by atomic mass is 16.5. The highest BCUT2D eigenvalue weighted by molar-refractivity contribution is 5.81. The second-order valence-corrected chi connectivity index (χ2v) is 5.65. The molecule has 0 heterocycles. The van der Waals surface area contributed by atoms with E-state index in [0.29, 0.717) is 12.5 Å². The van der Waals surface area contributed by atoms with E-state index in [-0.39, 0.29) is 11.5 Å². The van der Waals surface area contributed by atoms with E-state index in [1.807, 2.05) is 0 Å². The molecule has 3 heteroatoms. The van der Waals surface area contributed by atoms with Crippen LogP contribution in [0.2, 0.25) is 0 Å².